The number of allylic oxidation sites excluding steroid dienone is 1. The molecule has 0 aromatic heterocycles. The molecule has 0 aromatic rings. The van der Waals surface area contributed by atoms with Crippen molar-refractivity contribution in [2.75, 3.05) is 19.6 Å². The van der Waals surface area contributed by atoms with E-state index in [2.05, 4.69) is 11.9 Å². The highest BCUT2D eigenvalue weighted by Gasteiger charge is 2.27. The summed E-state index contributed by atoms with van der Waals surface area (Å²) >= 11 is 0. The number of piperidine rings is 2. The van der Waals surface area contributed by atoms with Gasteiger partial charge >= 0.3 is 0 Å². The molecule has 1 amide bonds. The molecule has 0 bridgehead atoms. The van der Waals surface area contributed by atoms with Crippen molar-refractivity contribution in [3.05, 3.63) is 12.7 Å². The van der Waals surface area contributed by atoms with Crippen molar-refractivity contribution in [2.45, 2.75) is 38.1 Å². The number of nitrogens with one attached hydrogen (secondary N) is 1. The molecule has 3 nitrogen and oxygen atoms in total. The van der Waals surface area contributed by atoms with E-state index in [-0.39, 0.29) is 6.04 Å². The van der Waals surface area contributed by atoms with Gasteiger partial charge in [-0.15, -0.1) is 6.58 Å². The summed E-state index contributed by atoms with van der Waals surface area (Å²) in [6.45, 7) is 6.65. The molecule has 0 aromatic carbocycles. The van der Waals surface area contributed by atoms with Crippen LogP contribution in [0.25, 0.3) is 0 Å². The fourth-order valence-electron chi connectivity index (χ4n) is 2.64. The van der Waals surface area contributed by atoms with E-state index in [0.717, 1.165) is 38.9 Å². The lowest BCUT2D eigenvalue weighted by Crippen LogP contribution is -2.50. The van der Waals surface area contributed by atoms with Gasteiger partial charge < -0.3 is 10.2 Å². The second-order valence-corrected chi connectivity index (χ2v) is 4.90. The molecule has 1 unspecified atom stereocenters. The highest BCUT2D eigenvalue weighted by molar-refractivity contribution is 5.82. The maximum absolute atomic E-state index is 12.2. The third-order valence-corrected chi connectivity index (χ3v) is 3.79. The Hall–Kier alpha value is -0.830. The van der Waals surface area contributed by atoms with Gasteiger partial charge in [0.25, 0.3) is 0 Å². The van der Waals surface area contributed by atoms with Crippen molar-refractivity contribution >= 4 is 5.91 Å². The second kappa shape index (κ2) is 5.48. The van der Waals surface area contributed by atoms with Crippen LogP contribution < -0.4 is 5.32 Å². The Morgan fingerprint density at radius 1 is 1.25 bits per heavy atom. The Morgan fingerprint density at radius 3 is 2.56 bits per heavy atom. The zero-order valence-electron chi connectivity index (χ0n) is 9.95. The van der Waals surface area contributed by atoms with E-state index in [4.69, 9.17) is 0 Å². The molecule has 2 fully saturated rings. The number of carbonyl (C=O) groups excluding carboxylic acids is 1. The number of nitrogens with zero attached hydrogens (tertiary/aromatic N) is 1. The SMILES string of the molecule is C=CC1CCN(C(=O)C2CCCCN2)CC1. The summed E-state index contributed by atoms with van der Waals surface area (Å²) in [6.07, 6.45) is 7.61. The topological polar surface area (TPSA) is 32.3 Å². The van der Waals surface area contributed by atoms with E-state index in [9.17, 15) is 4.79 Å². The van der Waals surface area contributed by atoms with Gasteiger partial charge in [-0.05, 0) is 38.1 Å². The number of hydrogen-bond acceptors (Lipinski definition) is 2. The van der Waals surface area contributed by atoms with Gasteiger partial charge in [-0.25, -0.2) is 0 Å². The minimum Gasteiger partial charge on any atom is -0.341 e. The predicted molar refractivity (Wildman–Crippen MR) is 65.1 cm³/mol. The molecule has 3 heteroatoms. The lowest BCUT2D eigenvalue weighted by Gasteiger charge is -2.34. The Kier molecular flexibility index (Phi) is 3.99. The Morgan fingerprint density at radius 2 is 2.00 bits per heavy atom. The Bertz CT molecular complexity index is 251. The molecule has 2 aliphatic rings. The van der Waals surface area contributed by atoms with Crippen LogP contribution in [0, 0.1) is 5.92 Å². The van der Waals surface area contributed by atoms with E-state index in [1.165, 1.54) is 12.8 Å². The fourth-order valence-corrected chi connectivity index (χ4v) is 2.64. The second-order valence-electron chi connectivity index (χ2n) is 4.90. The Labute approximate surface area is 97.9 Å². The first-order chi connectivity index (χ1) is 7.81. The molecule has 16 heavy (non-hydrogen) atoms. The maximum atomic E-state index is 12.2. The molecule has 2 aliphatic heterocycles. The highest BCUT2D eigenvalue weighted by Crippen LogP contribution is 2.19. The highest BCUT2D eigenvalue weighted by atomic mass is 16.2. The first-order valence-electron chi connectivity index (χ1n) is 6.46. The number of carbonyl (C=O) groups is 1. The average Bonchev–Trinajstić information content (AvgIpc) is 2.39. The first kappa shape index (κ1) is 11.6. The van der Waals surface area contributed by atoms with Crippen LogP contribution in [0.3, 0.4) is 0 Å². The monoisotopic (exact) mass is 222 g/mol. The summed E-state index contributed by atoms with van der Waals surface area (Å²) in [4.78, 5) is 14.2. The first-order valence-corrected chi connectivity index (χ1v) is 6.46. The molecule has 1 N–H and O–H groups in total. The summed E-state index contributed by atoms with van der Waals surface area (Å²) in [5.41, 5.74) is 0. The molecule has 0 aliphatic carbocycles. The van der Waals surface area contributed by atoms with Crippen molar-refractivity contribution in [3.63, 3.8) is 0 Å². The molecule has 2 saturated heterocycles. The average molecular weight is 222 g/mol. The largest absolute Gasteiger partial charge is 0.341 e. The summed E-state index contributed by atoms with van der Waals surface area (Å²) in [5.74, 6) is 0.936. The van der Waals surface area contributed by atoms with E-state index in [1.807, 2.05) is 11.0 Å². The van der Waals surface area contributed by atoms with E-state index in [0.29, 0.717) is 11.8 Å². The van der Waals surface area contributed by atoms with Crippen LogP contribution in [0.2, 0.25) is 0 Å². The number of likely N-dealkylation sites (tertiary alicyclic amines) is 1. The smallest absolute Gasteiger partial charge is 0.239 e. The zero-order chi connectivity index (χ0) is 11.4. The zero-order valence-corrected chi connectivity index (χ0v) is 9.95. The minimum atomic E-state index is 0.0917. The van der Waals surface area contributed by atoms with Gasteiger partial charge in [-0.3, -0.25) is 4.79 Å². The van der Waals surface area contributed by atoms with Crippen LogP contribution in [0.1, 0.15) is 32.1 Å². The number of rotatable bonds is 2. The van der Waals surface area contributed by atoms with Crippen LogP contribution in [0.4, 0.5) is 0 Å². The van der Waals surface area contributed by atoms with Crippen molar-refractivity contribution in [2.24, 2.45) is 5.92 Å². The lowest BCUT2D eigenvalue weighted by atomic mass is 9.95. The van der Waals surface area contributed by atoms with Gasteiger partial charge in [0.1, 0.15) is 0 Å². The molecular weight excluding hydrogens is 200 g/mol. The normalized spacial score (nSPS) is 27.8. The van der Waals surface area contributed by atoms with Crippen molar-refractivity contribution < 1.29 is 4.79 Å². The van der Waals surface area contributed by atoms with Crippen molar-refractivity contribution in [1.82, 2.24) is 10.2 Å². The minimum absolute atomic E-state index is 0.0917. The van der Waals surface area contributed by atoms with Gasteiger partial charge in [0.2, 0.25) is 5.91 Å². The molecule has 2 heterocycles. The molecule has 2 rings (SSSR count). The van der Waals surface area contributed by atoms with E-state index >= 15 is 0 Å². The molecule has 90 valence electrons. The van der Waals surface area contributed by atoms with Crippen LogP contribution in [-0.4, -0.2) is 36.5 Å². The van der Waals surface area contributed by atoms with Crippen LogP contribution in [0.5, 0.6) is 0 Å². The van der Waals surface area contributed by atoms with Crippen molar-refractivity contribution in [3.8, 4) is 0 Å². The van der Waals surface area contributed by atoms with Gasteiger partial charge in [0.15, 0.2) is 0 Å². The fraction of sp³-hybridized carbons (Fsp3) is 0.769. The van der Waals surface area contributed by atoms with Gasteiger partial charge in [-0.1, -0.05) is 12.5 Å². The van der Waals surface area contributed by atoms with Gasteiger partial charge in [0, 0.05) is 13.1 Å². The van der Waals surface area contributed by atoms with Crippen molar-refractivity contribution in [1.29, 1.82) is 0 Å². The maximum Gasteiger partial charge on any atom is 0.239 e. The molecule has 1 atom stereocenters. The van der Waals surface area contributed by atoms with Crippen LogP contribution in [0.15, 0.2) is 12.7 Å². The quantitative estimate of drug-likeness (QED) is 0.719. The van der Waals surface area contributed by atoms with Gasteiger partial charge in [0.05, 0.1) is 6.04 Å². The number of hydrogen-bond donors (Lipinski definition) is 1. The molecule has 0 spiro atoms. The van der Waals surface area contributed by atoms with Crippen LogP contribution >= 0.6 is 0 Å². The molecule has 0 saturated carbocycles. The number of amides is 1. The summed E-state index contributed by atoms with van der Waals surface area (Å²) in [5, 5.41) is 3.33. The third kappa shape index (κ3) is 2.64. The molecular formula is C13H22N2O. The standard InChI is InChI=1S/C13H22N2O/c1-2-11-6-9-15(10-7-11)13(16)12-5-3-4-8-14-12/h2,11-12,14H,1,3-10H2. The van der Waals surface area contributed by atoms with E-state index < -0.39 is 0 Å². The Balaban J connectivity index is 1.83. The third-order valence-electron chi connectivity index (χ3n) is 3.79. The summed E-state index contributed by atoms with van der Waals surface area (Å²) in [7, 11) is 0. The van der Waals surface area contributed by atoms with E-state index in [1.54, 1.807) is 0 Å². The molecule has 0 radical (unpaired) electrons. The predicted octanol–water partition coefficient (Wildman–Crippen LogP) is 1.55. The van der Waals surface area contributed by atoms with Gasteiger partial charge in [-0.2, -0.15) is 0 Å². The summed E-state index contributed by atoms with van der Waals surface area (Å²) < 4.78 is 0. The van der Waals surface area contributed by atoms with Crippen LogP contribution in [-0.2, 0) is 4.79 Å². The summed E-state index contributed by atoms with van der Waals surface area (Å²) in [6, 6.07) is 0.0917. The lowest BCUT2D eigenvalue weighted by molar-refractivity contribution is -0.135.